The second-order valence-electron chi connectivity index (χ2n) is 8.41. The number of nitrogens with one attached hydrogen (secondary N) is 1. The van der Waals surface area contributed by atoms with Crippen molar-refractivity contribution in [1.82, 2.24) is 5.32 Å². The summed E-state index contributed by atoms with van der Waals surface area (Å²) in [4.78, 5) is 39.3. The SMILES string of the molecule is Cc1cccc(COc2ccc3ccccc3c2/C=C2\C(=O)NC(=O)N(c3cccc(F)c3)C2=O)c1. The highest BCUT2D eigenvalue weighted by Crippen LogP contribution is 2.32. The largest absolute Gasteiger partial charge is 0.488 e. The number of halogens is 1. The van der Waals surface area contributed by atoms with E-state index in [0.717, 1.165) is 32.9 Å². The maximum Gasteiger partial charge on any atom is 0.335 e. The third-order valence-corrected chi connectivity index (χ3v) is 5.86. The van der Waals surface area contributed by atoms with Gasteiger partial charge >= 0.3 is 6.03 Å². The summed E-state index contributed by atoms with van der Waals surface area (Å²) in [6.07, 6.45) is 1.42. The van der Waals surface area contributed by atoms with Gasteiger partial charge in [0.1, 0.15) is 23.7 Å². The molecule has 6 nitrogen and oxygen atoms in total. The molecular weight excluding hydrogens is 459 g/mol. The lowest BCUT2D eigenvalue weighted by molar-refractivity contribution is -0.122. The van der Waals surface area contributed by atoms with Gasteiger partial charge in [-0.1, -0.05) is 66.2 Å². The number of urea groups is 1. The second kappa shape index (κ2) is 9.46. The summed E-state index contributed by atoms with van der Waals surface area (Å²) in [6, 6.07) is 23.2. The molecular formula is C29H21FN2O4. The van der Waals surface area contributed by atoms with Crippen LogP contribution in [-0.4, -0.2) is 17.8 Å². The van der Waals surface area contributed by atoms with Gasteiger partial charge in [0.15, 0.2) is 0 Å². The van der Waals surface area contributed by atoms with Gasteiger partial charge in [-0.05, 0) is 53.6 Å². The van der Waals surface area contributed by atoms with Gasteiger partial charge in [0.05, 0.1) is 5.69 Å². The van der Waals surface area contributed by atoms with E-state index >= 15 is 0 Å². The maximum absolute atomic E-state index is 13.8. The molecule has 1 N–H and O–H groups in total. The van der Waals surface area contributed by atoms with Crippen molar-refractivity contribution in [1.29, 1.82) is 0 Å². The Morgan fingerprint density at radius 3 is 2.53 bits per heavy atom. The van der Waals surface area contributed by atoms with Crippen molar-refractivity contribution < 1.29 is 23.5 Å². The number of carbonyl (C=O) groups excluding carboxylic acids is 3. The van der Waals surface area contributed by atoms with Gasteiger partial charge in [0.2, 0.25) is 0 Å². The van der Waals surface area contributed by atoms with E-state index in [2.05, 4.69) is 5.32 Å². The van der Waals surface area contributed by atoms with Gasteiger partial charge < -0.3 is 4.74 Å². The van der Waals surface area contributed by atoms with E-state index in [1.54, 1.807) is 6.07 Å². The zero-order valence-electron chi connectivity index (χ0n) is 19.3. The minimum absolute atomic E-state index is 0.0183. The molecule has 178 valence electrons. The van der Waals surface area contributed by atoms with Crippen molar-refractivity contribution in [2.45, 2.75) is 13.5 Å². The number of rotatable bonds is 5. The molecule has 1 fully saturated rings. The smallest absolute Gasteiger partial charge is 0.335 e. The number of carbonyl (C=O) groups is 3. The van der Waals surface area contributed by atoms with Crippen LogP contribution in [0.25, 0.3) is 16.8 Å². The fourth-order valence-electron chi connectivity index (χ4n) is 4.16. The Labute approximate surface area is 206 Å². The Kier molecular flexibility index (Phi) is 6.04. The van der Waals surface area contributed by atoms with Crippen LogP contribution < -0.4 is 15.0 Å². The van der Waals surface area contributed by atoms with Crippen molar-refractivity contribution >= 4 is 40.4 Å². The quantitative estimate of drug-likeness (QED) is 0.301. The summed E-state index contributed by atoms with van der Waals surface area (Å²) >= 11 is 0. The lowest BCUT2D eigenvalue weighted by Gasteiger charge is -2.26. The number of anilines is 1. The predicted molar refractivity (Wildman–Crippen MR) is 135 cm³/mol. The molecule has 0 aromatic heterocycles. The van der Waals surface area contributed by atoms with Crippen molar-refractivity contribution in [3.63, 3.8) is 0 Å². The highest BCUT2D eigenvalue weighted by molar-refractivity contribution is 6.39. The van der Waals surface area contributed by atoms with Crippen LogP contribution in [0, 0.1) is 12.7 Å². The average molecular weight is 480 g/mol. The zero-order valence-corrected chi connectivity index (χ0v) is 19.3. The highest BCUT2D eigenvalue weighted by atomic mass is 19.1. The molecule has 0 saturated carbocycles. The Morgan fingerprint density at radius 1 is 0.917 bits per heavy atom. The number of barbiturate groups is 1. The molecule has 4 aromatic rings. The lowest BCUT2D eigenvalue weighted by atomic mass is 9.99. The molecule has 0 spiro atoms. The van der Waals surface area contributed by atoms with Gasteiger partial charge in [-0.2, -0.15) is 0 Å². The second-order valence-corrected chi connectivity index (χ2v) is 8.41. The van der Waals surface area contributed by atoms with E-state index in [1.165, 1.54) is 24.3 Å². The molecule has 36 heavy (non-hydrogen) atoms. The van der Waals surface area contributed by atoms with Crippen LogP contribution in [-0.2, 0) is 16.2 Å². The van der Waals surface area contributed by atoms with Crippen LogP contribution in [0.2, 0.25) is 0 Å². The van der Waals surface area contributed by atoms with Gasteiger partial charge in [0, 0.05) is 5.56 Å². The summed E-state index contributed by atoms with van der Waals surface area (Å²) in [6.45, 7) is 2.28. The van der Waals surface area contributed by atoms with Gasteiger partial charge in [0.25, 0.3) is 11.8 Å². The number of hydrogen-bond acceptors (Lipinski definition) is 4. The van der Waals surface area contributed by atoms with E-state index in [1.807, 2.05) is 61.5 Å². The molecule has 0 radical (unpaired) electrons. The van der Waals surface area contributed by atoms with Gasteiger partial charge in [-0.3, -0.25) is 14.9 Å². The number of fused-ring (bicyclic) bond motifs is 1. The van der Waals surface area contributed by atoms with Gasteiger partial charge in [-0.25, -0.2) is 14.1 Å². The normalized spacial score (nSPS) is 14.9. The van der Waals surface area contributed by atoms with Gasteiger partial charge in [-0.15, -0.1) is 0 Å². The molecule has 7 heteroatoms. The topological polar surface area (TPSA) is 75.7 Å². The minimum Gasteiger partial charge on any atom is -0.488 e. The molecule has 1 saturated heterocycles. The molecule has 4 aromatic carbocycles. The molecule has 1 heterocycles. The minimum atomic E-state index is -0.943. The van der Waals surface area contributed by atoms with Crippen molar-refractivity contribution in [3.05, 3.63) is 113 Å². The number of nitrogens with zero attached hydrogens (tertiary/aromatic N) is 1. The fraction of sp³-hybridized carbons (Fsp3) is 0.0690. The standard InChI is InChI=1S/C29H21FN2O4/c1-18-6-4-7-19(14-18)17-36-26-13-12-20-8-2-3-11-23(20)24(26)16-25-27(33)31-29(35)32(28(25)34)22-10-5-9-21(30)15-22/h2-16H,17H2,1H3,(H,31,33,35)/b25-16+. The van der Waals surface area contributed by atoms with E-state index in [-0.39, 0.29) is 17.9 Å². The Balaban J connectivity index is 1.59. The molecule has 1 aliphatic heterocycles. The number of aryl methyl sites for hydroxylation is 1. The van der Waals surface area contributed by atoms with E-state index in [9.17, 15) is 18.8 Å². The Bertz CT molecular complexity index is 1560. The van der Waals surface area contributed by atoms with Crippen LogP contribution >= 0.6 is 0 Å². The summed E-state index contributed by atoms with van der Waals surface area (Å²) in [5.41, 5.74) is 2.34. The number of benzene rings is 4. The number of ether oxygens (including phenoxy) is 1. The van der Waals surface area contributed by atoms with Crippen LogP contribution in [0.4, 0.5) is 14.9 Å². The van der Waals surface area contributed by atoms with Crippen LogP contribution in [0.15, 0.2) is 90.5 Å². The summed E-state index contributed by atoms with van der Waals surface area (Å²) in [7, 11) is 0. The van der Waals surface area contributed by atoms with Crippen molar-refractivity contribution in [3.8, 4) is 5.75 Å². The predicted octanol–water partition coefficient (Wildman–Crippen LogP) is 5.53. The number of amides is 4. The first-order chi connectivity index (χ1) is 17.4. The molecule has 1 aliphatic rings. The van der Waals surface area contributed by atoms with E-state index in [0.29, 0.717) is 11.3 Å². The third kappa shape index (κ3) is 4.46. The summed E-state index contributed by atoms with van der Waals surface area (Å²) in [5.74, 6) is -1.84. The van der Waals surface area contributed by atoms with Crippen molar-refractivity contribution in [2.75, 3.05) is 4.90 Å². The highest BCUT2D eigenvalue weighted by Gasteiger charge is 2.37. The summed E-state index contributed by atoms with van der Waals surface area (Å²) < 4.78 is 19.9. The van der Waals surface area contributed by atoms with Crippen LogP contribution in [0.5, 0.6) is 5.75 Å². The zero-order chi connectivity index (χ0) is 25.2. The first-order valence-electron chi connectivity index (χ1n) is 11.3. The van der Waals surface area contributed by atoms with E-state index in [4.69, 9.17) is 4.74 Å². The molecule has 0 bridgehead atoms. The first-order valence-corrected chi connectivity index (χ1v) is 11.3. The number of hydrogen-bond donors (Lipinski definition) is 1. The third-order valence-electron chi connectivity index (χ3n) is 5.86. The van der Waals surface area contributed by atoms with E-state index < -0.39 is 23.7 Å². The molecule has 0 aliphatic carbocycles. The molecule has 0 atom stereocenters. The Morgan fingerprint density at radius 2 is 1.72 bits per heavy atom. The molecule has 4 amide bonds. The maximum atomic E-state index is 13.8. The molecule has 0 unspecified atom stereocenters. The van der Waals surface area contributed by atoms with Crippen molar-refractivity contribution in [2.24, 2.45) is 0 Å². The lowest BCUT2D eigenvalue weighted by Crippen LogP contribution is -2.54. The monoisotopic (exact) mass is 480 g/mol. The first kappa shape index (κ1) is 23.0. The fourth-order valence-corrected chi connectivity index (χ4v) is 4.16. The number of imide groups is 2. The molecule has 5 rings (SSSR count). The van der Waals surface area contributed by atoms with Crippen LogP contribution in [0.3, 0.4) is 0 Å². The Hall–Kier alpha value is -4.78. The summed E-state index contributed by atoms with van der Waals surface area (Å²) in [5, 5.41) is 3.82. The average Bonchev–Trinajstić information content (AvgIpc) is 2.85. The van der Waals surface area contributed by atoms with Crippen LogP contribution in [0.1, 0.15) is 16.7 Å².